The molecule has 11 heteroatoms. The summed E-state index contributed by atoms with van der Waals surface area (Å²) in [5.74, 6) is -2.69. The zero-order valence-electron chi connectivity index (χ0n) is 21.6. The quantitative estimate of drug-likeness (QED) is 0.172. The summed E-state index contributed by atoms with van der Waals surface area (Å²) in [6.07, 6.45) is 0. The lowest BCUT2D eigenvalue weighted by atomic mass is 9.92. The van der Waals surface area contributed by atoms with Gasteiger partial charge in [0.2, 0.25) is 5.91 Å². The van der Waals surface area contributed by atoms with Crippen LogP contribution in [0.5, 0.6) is 0 Å². The van der Waals surface area contributed by atoms with Crippen LogP contribution in [0.2, 0.25) is 0 Å². The van der Waals surface area contributed by atoms with Gasteiger partial charge < -0.3 is 32.8 Å². The van der Waals surface area contributed by atoms with E-state index < -0.39 is 29.4 Å². The van der Waals surface area contributed by atoms with E-state index in [4.69, 9.17) is 17.2 Å². The molecule has 5 rings (SSSR count). The first kappa shape index (κ1) is 27.0. The number of amides is 4. The highest BCUT2D eigenvalue weighted by atomic mass is 19.1. The molecule has 0 saturated heterocycles. The number of nitrogens with two attached hydrogens (primary N) is 3. The van der Waals surface area contributed by atoms with E-state index in [0.29, 0.717) is 44.2 Å². The normalized spacial score (nSPS) is 11.0. The van der Waals surface area contributed by atoms with Crippen LogP contribution in [0, 0.1) is 5.82 Å². The largest absolute Gasteiger partial charge is 0.368 e. The van der Waals surface area contributed by atoms with Crippen LogP contribution in [0.1, 0.15) is 36.6 Å². The van der Waals surface area contributed by atoms with Gasteiger partial charge in [-0.05, 0) is 65.2 Å². The van der Waals surface area contributed by atoms with Crippen LogP contribution in [0.4, 0.5) is 10.1 Å². The molecule has 0 aliphatic rings. The monoisotopic (exact) mass is 552 g/mol. The summed E-state index contributed by atoms with van der Waals surface area (Å²) in [6.45, 7) is -0.240. The van der Waals surface area contributed by atoms with Crippen molar-refractivity contribution in [2.45, 2.75) is 6.54 Å². The Morgan fingerprint density at radius 2 is 1.56 bits per heavy atom. The highest BCUT2D eigenvalue weighted by molar-refractivity contribution is 6.21. The van der Waals surface area contributed by atoms with Crippen LogP contribution in [0.3, 0.4) is 0 Å². The Labute approximate surface area is 232 Å². The van der Waals surface area contributed by atoms with E-state index in [1.165, 1.54) is 24.3 Å². The number of halogens is 1. The molecule has 0 atom stereocenters. The zero-order valence-corrected chi connectivity index (χ0v) is 21.6. The number of anilines is 1. The SMILES string of the molecule is NCc1c(NC(=O)c2ccc(F)cc2)cccc1-c1ccc(C(N)=O)c2[nH]c3cc(C(=O)NCC(N)=O)ccc3c12. The number of aromatic nitrogens is 1. The van der Waals surface area contributed by atoms with Crippen molar-refractivity contribution in [1.82, 2.24) is 10.3 Å². The molecule has 0 aliphatic carbocycles. The Morgan fingerprint density at radius 1 is 0.829 bits per heavy atom. The molecule has 1 aromatic heterocycles. The minimum absolute atomic E-state index is 0.0702. The molecule has 0 saturated carbocycles. The van der Waals surface area contributed by atoms with Gasteiger partial charge in [0, 0.05) is 39.6 Å². The van der Waals surface area contributed by atoms with Crippen molar-refractivity contribution >= 4 is 51.1 Å². The van der Waals surface area contributed by atoms with E-state index in [-0.39, 0.29) is 29.8 Å². The van der Waals surface area contributed by atoms with Gasteiger partial charge in [0.15, 0.2) is 0 Å². The van der Waals surface area contributed by atoms with Gasteiger partial charge in [0.25, 0.3) is 17.7 Å². The highest BCUT2D eigenvalue weighted by Gasteiger charge is 2.20. The van der Waals surface area contributed by atoms with E-state index in [9.17, 15) is 23.6 Å². The van der Waals surface area contributed by atoms with Crippen LogP contribution < -0.4 is 27.8 Å². The molecule has 10 nitrogen and oxygen atoms in total. The summed E-state index contributed by atoms with van der Waals surface area (Å²) in [7, 11) is 0. The van der Waals surface area contributed by atoms with Crippen molar-refractivity contribution in [2.24, 2.45) is 17.2 Å². The summed E-state index contributed by atoms with van der Waals surface area (Å²) in [5.41, 5.74) is 21.3. The summed E-state index contributed by atoms with van der Waals surface area (Å²) in [6, 6.07) is 18.8. The second-order valence-electron chi connectivity index (χ2n) is 9.31. The lowest BCUT2D eigenvalue weighted by molar-refractivity contribution is -0.117. The Kier molecular flexibility index (Phi) is 7.19. The first-order chi connectivity index (χ1) is 19.7. The smallest absolute Gasteiger partial charge is 0.255 e. The molecule has 0 unspecified atom stereocenters. The third kappa shape index (κ3) is 5.21. The Bertz CT molecular complexity index is 1860. The average Bonchev–Trinajstić information content (AvgIpc) is 3.34. The maximum absolute atomic E-state index is 13.3. The van der Waals surface area contributed by atoms with Gasteiger partial charge in [-0.2, -0.15) is 0 Å². The second-order valence-corrected chi connectivity index (χ2v) is 9.31. The van der Waals surface area contributed by atoms with Gasteiger partial charge in [-0.1, -0.05) is 24.3 Å². The van der Waals surface area contributed by atoms with Crippen molar-refractivity contribution in [3.8, 4) is 11.1 Å². The molecule has 0 radical (unpaired) electrons. The van der Waals surface area contributed by atoms with Crippen LogP contribution in [-0.2, 0) is 11.3 Å². The van der Waals surface area contributed by atoms with Gasteiger partial charge in [0.1, 0.15) is 5.82 Å². The number of H-pyrrole nitrogens is 1. The van der Waals surface area contributed by atoms with Crippen LogP contribution in [0.25, 0.3) is 32.9 Å². The molecule has 0 aliphatic heterocycles. The van der Waals surface area contributed by atoms with Crippen molar-refractivity contribution in [3.63, 3.8) is 0 Å². The second kappa shape index (κ2) is 10.9. The first-order valence-electron chi connectivity index (χ1n) is 12.5. The average molecular weight is 553 g/mol. The predicted octanol–water partition coefficient (Wildman–Crippen LogP) is 3.15. The molecule has 0 bridgehead atoms. The number of nitrogens with one attached hydrogen (secondary N) is 3. The number of carbonyl (C=O) groups is 4. The number of hydrogen-bond donors (Lipinski definition) is 6. The zero-order chi connectivity index (χ0) is 29.3. The van der Waals surface area contributed by atoms with Gasteiger partial charge >= 0.3 is 0 Å². The van der Waals surface area contributed by atoms with E-state index in [0.717, 1.165) is 0 Å². The number of benzene rings is 4. The Hall–Kier alpha value is -5.55. The standard InChI is InChI=1S/C30H25FN6O4/c31-17-7-4-15(5-8-17)30(41)37-23-3-1-2-18(22(23)13-32)19-10-11-21(28(34)39)27-26(19)20-9-6-16(12-24(20)36-27)29(40)35-14-25(33)38/h1-12,36H,13-14,32H2,(H2,33,38)(H2,34,39)(H,35,40)(H,37,41). The molecule has 41 heavy (non-hydrogen) atoms. The summed E-state index contributed by atoms with van der Waals surface area (Å²) in [4.78, 5) is 52.0. The summed E-state index contributed by atoms with van der Waals surface area (Å²) < 4.78 is 13.3. The molecular formula is C30H25FN6O4. The number of hydrogen-bond acceptors (Lipinski definition) is 5. The number of fused-ring (bicyclic) bond motifs is 3. The summed E-state index contributed by atoms with van der Waals surface area (Å²) in [5, 5.41) is 6.67. The number of carbonyl (C=O) groups excluding carboxylic acids is 4. The van der Waals surface area contributed by atoms with Crippen LogP contribution >= 0.6 is 0 Å². The third-order valence-corrected chi connectivity index (χ3v) is 6.73. The van der Waals surface area contributed by atoms with E-state index in [1.54, 1.807) is 42.5 Å². The van der Waals surface area contributed by atoms with Crippen molar-refractivity contribution < 1.29 is 23.6 Å². The van der Waals surface area contributed by atoms with Gasteiger partial charge in [-0.25, -0.2) is 4.39 Å². The molecule has 0 fully saturated rings. The molecule has 4 aromatic carbocycles. The van der Waals surface area contributed by atoms with Crippen LogP contribution in [0.15, 0.2) is 72.8 Å². The predicted molar refractivity (Wildman–Crippen MR) is 154 cm³/mol. The number of rotatable bonds is 8. The van der Waals surface area contributed by atoms with Gasteiger partial charge in [-0.3, -0.25) is 19.2 Å². The fourth-order valence-electron chi connectivity index (χ4n) is 4.83. The minimum atomic E-state index is -0.674. The Morgan fingerprint density at radius 3 is 2.24 bits per heavy atom. The van der Waals surface area contributed by atoms with E-state index in [1.807, 2.05) is 6.07 Å². The first-order valence-corrected chi connectivity index (χ1v) is 12.5. The number of primary amides is 2. The highest BCUT2D eigenvalue weighted by Crippen LogP contribution is 2.39. The molecule has 5 aromatic rings. The van der Waals surface area contributed by atoms with Gasteiger partial charge in [-0.15, -0.1) is 0 Å². The Balaban J connectivity index is 1.64. The summed E-state index contributed by atoms with van der Waals surface area (Å²) >= 11 is 0. The third-order valence-electron chi connectivity index (χ3n) is 6.73. The van der Waals surface area contributed by atoms with Crippen molar-refractivity contribution in [2.75, 3.05) is 11.9 Å². The molecule has 0 spiro atoms. The lowest BCUT2D eigenvalue weighted by Crippen LogP contribution is -2.33. The molecular weight excluding hydrogens is 527 g/mol. The fourth-order valence-corrected chi connectivity index (χ4v) is 4.83. The van der Waals surface area contributed by atoms with Crippen molar-refractivity contribution in [1.29, 1.82) is 0 Å². The number of aromatic amines is 1. The van der Waals surface area contributed by atoms with E-state index >= 15 is 0 Å². The van der Waals surface area contributed by atoms with Crippen molar-refractivity contribution in [3.05, 3.63) is 101 Å². The lowest BCUT2D eigenvalue weighted by Gasteiger charge is -2.16. The maximum atomic E-state index is 13.3. The molecule has 4 amide bonds. The van der Waals surface area contributed by atoms with Crippen LogP contribution in [-0.4, -0.2) is 35.2 Å². The maximum Gasteiger partial charge on any atom is 0.255 e. The fraction of sp³-hybridized carbons (Fsp3) is 0.0667. The molecule has 9 N–H and O–H groups in total. The topological polar surface area (TPSA) is 186 Å². The minimum Gasteiger partial charge on any atom is -0.368 e. The van der Waals surface area contributed by atoms with E-state index in [2.05, 4.69) is 15.6 Å². The molecule has 206 valence electrons. The molecule has 1 heterocycles. The van der Waals surface area contributed by atoms with Gasteiger partial charge in [0.05, 0.1) is 17.6 Å².